The highest BCUT2D eigenvalue weighted by Gasteiger charge is 2.41. The number of pyridine rings is 1. The Balaban J connectivity index is 1.49. The van der Waals surface area contributed by atoms with E-state index in [2.05, 4.69) is 10.3 Å². The quantitative estimate of drug-likeness (QED) is 0.388. The van der Waals surface area contributed by atoms with E-state index in [9.17, 15) is 19.2 Å². The molecule has 4 unspecified atom stereocenters. The molecule has 2 heterocycles. The maximum absolute atomic E-state index is 13.3. The van der Waals surface area contributed by atoms with Gasteiger partial charge in [-0.25, -0.2) is 9.78 Å². The van der Waals surface area contributed by atoms with Crippen LogP contribution in [0, 0.1) is 5.92 Å². The van der Waals surface area contributed by atoms with Crippen molar-refractivity contribution >= 4 is 23.8 Å². The second kappa shape index (κ2) is 14.6. The van der Waals surface area contributed by atoms with Crippen molar-refractivity contribution in [2.45, 2.75) is 102 Å². The molecule has 3 fully saturated rings. The summed E-state index contributed by atoms with van der Waals surface area (Å²) in [5.41, 5.74) is -0.213. The van der Waals surface area contributed by atoms with Gasteiger partial charge in [0, 0.05) is 19.4 Å². The first-order valence-electron chi connectivity index (χ1n) is 14.4. The van der Waals surface area contributed by atoms with E-state index in [0.717, 1.165) is 38.5 Å². The molecule has 12 nitrogen and oxygen atoms in total. The summed E-state index contributed by atoms with van der Waals surface area (Å²) >= 11 is 0. The molecule has 0 radical (unpaired) electrons. The van der Waals surface area contributed by atoms with Gasteiger partial charge in [-0.2, -0.15) is 0 Å². The lowest BCUT2D eigenvalue weighted by Gasteiger charge is -2.32. The average Bonchev–Trinajstić information content (AvgIpc) is 3.68. The van der Waals surface area contributed by atoms with Gasteiger partial charge >= 0.3 is 17.9 Å². The predicted molar refractivity (Wildman–Crippen MR) is 143 cm³/mol. The maximum Gasteiger partial charge on any atom is 0.329 e. The molecule has 226 valence electrons. The van der Waals surface area contributed by atoms with Crippen LogP contribution in [0.15, 0.2) is 12.3 Å². The smallest absolute Gasteiger partial charge is 0.329 e. The van der Waals surface area contributed by atoms with Crippen LogP contribution in [0.25, 0.3) is 0 Å². The van der Waals surface area contributed by atoms with Gasteiger partial charge in [-0.1, -0.05) is 12.8 Å². The molecule has 1 saturated heterocycles. The lowest BCUT2D eigenvalue weighted by molar-refractivity contribution is -0.184. The number of nitrogens with one attached hydrogen (secondary N) is 1. The van der Waals surface area contributed by atoms with Crippen LogP contribution in [0.1, 0.15) is 81.6 Å². The molecule has 3 aliphatic rings. The third kappa shape index (κ3) is 8.38. The topological polar surface area (TPSA) is 149 Å². The molecule has 4 atom stereocenters. The summed E-state index contributed by atoms with van der Waals surface area (Å²) in [6, 6.07) is 0.444. The molecule has 1 aliphatic heterocycles. The Labute approximate surface area is 239 Å². The fraction of sp³-hybridized carbons (Fsp3) is 0.690. The van der Waals surface area contributed by atoms with Gasteiger partial charge in [0.05, 0.1) is 38.3 Å². The van der Waals surface area contributed by atoms with Crippen molar-refractivity contribution in [3.63, 3.8) is 0 Å². The van der Waals surface area contributed by atoms with Crippen LogP contribution in [0.5, 0.6) is 11.5 Å². The molecule has 1 N–H and O–H groups in total. The molecule has 41 heavy (non-hydrogen) atoms. The van der Waals surface area contributed by atoms with Gasteiger partial charge in [0.15, 0.2) is 17.5 Å². The minimum Gasteiger partial charge on any atom is -0.493 e. The van der Waals surface area contributed by atoms with E-state index in [0.29, 0.717) is 12.8 Å². The van der Waals surface area contributed by atoms with Crippen molar-refractivity contribution in [2.24, 2.45) is 5.92 Å². The number of nitrogens with zero attached hydrogens (tertiary/aromatic N) is 1. The highest BCUT2D eigenvalue weighted by atomic mass is 16.6. The zero-order chi connectivity index (χ0) is 29.4. The number of carbonyl (C=O) groups excluding carboxylic acids is 4. The van der Waals surface area contributed by atoms with Gasteiger partial charge in [-0.15, -0.1) is 0 Å². The number of esters is 3. The van der Waals surface area contributed by atoms with E-state index < -0.39 is 42.2 Å². The van der Waals surface area contributed by atoms with E-state index in [1.807, 2.05) is 0 Å². The molecular weight excluding hydrogens is 536 g/mol. The maximum atomic E-state index is 13.3. The summed E-state index contributed by atoms with van der Waals surface area (Å²) in [6.07, 6.45) is 6.34. The summed E-state index contributed by atoms with van der Waals surface area (Å²) in [4.78, 5) is 55.6. The van der Waals surface area contributed by atoms with Gasteiger partial charge < -0.3 is 33.7 Å². The minimum absolute atomic E-state index is 0.0426. The van der Waals surface area contributed by atoms with Crippen molar-refractivity contribution in [1.29, 1.82) is 0 Å². The summed E-state index contributed by atoms with van der Waals surface area (Å²) in [6.45, 7) is 1.82. The second-order valence-corrected chi connectivity index (χ2v) is 10.8. The van der Waals surface area contributed by atoms with Crippen molar-refractivity contribution in [1.82, 2.24) is 10.3 Å². The normalized spacial score (nSPS) is 25.3. The fourth-order valence-corrected chi connectivity index (χ4v) is 5.14. The Kier molecular flexibility index (Phi) is 10.9. The molecule has 1 aromatic rings. The molecule has 2 aliphatic carbocycles. The molecule has 12 heteroatoms. The second-order valence-electron chi connectivity index (χ2n) is 10.8. The largest absolute Gasteiger partial charge is 0.493 e. The Hall–Kier alpha value is -3.25. The zero-order valence-corrected chi connectivity index (χ0v) is 23.9. The van der Waals surface area contributed by atoms with E-state index >= 15 is 0 Å². The standard InChI is InChI=1S/C29H40N2O10/c1-17-25(41-28(34)18-11-12-18)22(39-19-7-4-5-8-19)10-6-9-20(29(35)38-17)31-27(33)24-26(21(37-3)13-15-30-24)40-23(32)14-16-36-2/h13,15,17-20,22,25H,4-12,14,16H2,1-3H3,(H,31,33). The molecule has 4 rings (SSSR count). The number of hydrogen-bond donors (Lipinski definition) is 1. The molecule has 2 saturated carbocycles. The van der Waals surface area contributed by atoms with Crippen molar-refractivity contribution in [3.05, 3.63) is 18.0 Å². The number of carbonyl (C=O) groups is 4. The molecule has 0 aromatic carbocycles. The summed E-state index contributed by atoms with van der Waals surface area (Å²) in [5, 5.41) is 2.68. The number of rotatable bonds is 11. The van der Waals surface area contributed by atoms with Crippen molar-refractivity contribution in [3.8, 4) is 11.5 Å². The van der Waals surface area contributed by atoms with Gasteiger partial charge in [-0.05, 0) is 51.9 Å². The van der Waals surface area contributed by atoms with Crippen LogP contribution < -0.4 is 14.8 Å². The number of ether oxygens (including phenoxy) is 6. The van der Waals surface area contributed by atoms with Gasteiger partial charge in [0.1, 0.15) is 12.1 Å². The minimum atomic E-state index is -1.01. The molecule has 1 amide bonds. The Bertz CT molecular complexity index is 1090. The monoisotopic (exact) mass is 576 g/mol. The van der Waals surface area contributed by atoms with Crippen LogP contribution >= 0.6 is 0 Å². The van der Waals surface area contributed by atoms with Crippen molar-refractivity contribution < 1.29 is 47.6 Å². The number of hydrogen-bond acceptors (Lipinski definition) is 11. The average molecular weight is 577 g/mol. The third-order valence-electron chi connectivity index (χ3n) is 7.56. The lowest BCUT2D eigenvalue weighted by atomic mass is 10.0. The number of aromatic nitrogens is 1. The van der Waals surface area contributed by atoms with Gasteiger partial charge in [-0.3, -0.25) is 14.4 Å². The Morgan fingerprint density at radius 3 is 2.49 bits per heavy atom. The zero-order valence-electron chi connectivity index (χ0n) is 23.9. The molecule has 0 spiro atoms. The van der Waals surface area contributed by atoms with Gasteiger partial charge in [0.2, 0.25) is 5.75 Å². The van der Waals surface area contributed by atoms with Crippen LogP contribution in [-0.2, 0) is 33.3 Å². The summed E-state index contributed by atoms with van der Waals surface area (Å²) in [7, 11) is 2.83. The van der Waals surface area contributed by atoms with E-state index in [4.69, 9.17) is 28.4 Å². The molecule has 0 bridgehead atoms. The van der Waals surface area contributed by atoms with Crippen LogP contribution in [0.2, 0.25) is 0 Å². The Morgan fingerprint density at radius 1 is 1.05 bits per heavy atom. The first-order chi connectivity index (χ1) is 19.8. The van der Waals surface area contributed by atoms with Gasteiger partial charge in [0.25, 0.3) is 5.91 Å². The highest BCUT2D eigenvalue weighted by Crippen LogP contribution is 2.34. The van der Waals surface area contributed by atoms with Crippen LogP contribution in [-0.4, -0.2) is 80.1 Å². The molecule has 1 aromatic heterocycles. The van der Waals surface area contributed by atoms with E-state index in [1.165, 1.54) is 26.5 Å². The first kappa shape index (κ1) is 30.7. The molecular formula is C29H40N2O10. The van der Waals surface area contributed by atoms with Crippen molar-refractivity contribution in [2.75, 3.05) is 20.8 Å². The van der Waals surface area contributed by atoms with E-state index in [1.54, 1.807) is 6.92 Å². The lowest BCUT2D eigenvalue weighted by Crippen LogP contribution is -2.47. The SMILES string of the molecule is COCCC(=O)Oc1c(OC)ccnc1C(=O)NC1CCCC(OC2CCCC2)C(OC(=O)C2CC2)C(C)OC1=O. The van der Waals surface area contributed by atoms with Crippen LogP contribution in [0.4, 0.5) is 0 Å². The van der Waals surface area contributed by atoms with E-state index in [-0.39, 0.29) is 54.6 Å². The third-order valence-corrected chi connectivity index (χ3v) is 7.56. The first-order valence-corrected chi connectivity index (χ1v) is 14.4. The Morgan fingerprint density at radius 2 is 1.80 bits per heavy atom. The highest BCUT2D eigenvalue weighted by molar-refractivity contribution is 5.98. The summed E-state index contributed by atoms with van der Waals surface area (Å²) < 4.78 is 33.6. The number of methoxy groups -OCH3 is 2. The van der Waals surface area contributed by atoms with Crippen LogP contribution in [0.3, 0.4) is 0 Å². The summed E-state index contributed by atoms with van der Waals surface area (Å²) in [5.74, 6) is -2.46. The predicted octanol–water partition coefficient (Wildman–Crippen LogP) is 2.90. The number of cyclic esters (lactones) is 1. The fourth-order valence-electron chi connectivity index (χ4n) is 5.14. The number of amides is 1.